The predicted molar refractivity (Wildman–Crippen MR) is 100 cm³/mol. The number of rotatable bonds is 4. The van der Waals surface area contributed by atoms with Crippen LogP contribution in [-0.2, 0) is 16.0 Å². The normalized spacial score (nSPS) is 22.2. The van der Waals surface area contributed by atoms with Crippen molar-refractivity contribution in [2.45, 2.75) is 44.6 Å². The molecule has 4 nitrogen and oxygen atoms in total. The standard InChI is InChI=1S/C19H24Cl2N2O2/c20-17-5-4-14(11-18(17)21)12-19(25)23-8-2-1-3-15(23)13-22-9-6-16(24)7-10-22/h4-5,11,15H,1-3,6-10,12-13H2. The molecule has 0 bridgehead atoms. The van der Waals surface area contributed by atoms with Crippen molar-refractivity contribution < 1.29 is 9.59 Å². The lowest BCUT2D eigenvalue weighted by Gasteiger charge is -2.39. The van der Waals surface area contributed by atoms with Crippen molar-refractivity contribution in [2.24, 2.45) is 0 Å². The van der Waals surface area contributed by atoms with Gasteiger partial charge in [0, 0.05) is 45.1 Å². The zero-order chi connectivity index (χ0) is 17.8. The van der Waals surface area contributed by atoms with Gasteiger partial charge < -0.3 is 9.80 Å². The second-order valence-corrected chi connectivity index (χ2v) is 7.82. The van der Waals surface area contributed by atoms with Gasteiger partial charge in [0.1, 0.15) is 5.78 Å². The number of ketones is 1. The number of carbonyl (C=O) groups excluding carboxylic acids is 2. The Morgan fingerprint density at radius 3 is 2.56 bits per heavy atom. The third-order valence-corrected chi connectivity index (χ3v) is 5.91. The summed E-state index contributed by atoms with van der Waals surface area (Å²) >= 11 is 12.0. The molecule has 0 radical (unpaired) electrons. The summed E-state index contributed by atoms with van der Waals surface area (Å²) in [6.07, 6.45) is 4.90. The van der Waals surface area contributed by atoms with E-state index in [9.17, 15) is 9.59 Å². The third kappa shape index (κ3) is 4.96. The first kappa shape index (κ1) is 18.7. The number of likely N-dealkylation sites (tertiary alicyclic amines) is 2. The molecule has 25 heavy (non-hydrogen) atoms. The molecule has 136 valence electrons. The van der Waals surface area contributed by atoms with Crippen LogP contribution < -0.4 is 0 Å². The van der Waals surface area contributed by atoms with Crippen LogP contribution in [0.1, 0.15) is 37.7 Å². The molecule has 0 N–H and O–H groups in total. The van der Waals surface area contributed by atoms with Crippen LogP contribution in [0.5, 0.6) is 0 Å². The first-order valence-corrected chi connectivity index (χ1v) is 9.76. The quantitative estimate of drug-likeness (QED) is 0.798. The Balaban J connectivity index is 1.62. The van der Waals surface area contributed by atoms with Crippen LogP contribution in [0.2, 0.25) is 10.0 Å². The minimum Gasteiger partial charge on any atom is -0.338 e. The van der Waals surface area contributed by atoms with Crippen molar-refractivity contribution in [2.75, 3.05) is 26.2 Å². The number of Topliss-reactive ketones (excluding diaryl/α,β-unsaturated/α-hetero) is 1. The number of amides is 1. The van der Waals surface area contributed by atoms with Gasteiger partial charge in [-0.3, -0.25) is 9.59 Å². The Morgan fingerprint density at radius 2 is 1.84 bits per heavy atom. The van der Waals surface area contributed by atoms with E-state index in [1.807, 2.05) is 11.0 Å². The summed E-state index contributed by atoms with van der Waals surface area (Å²) in [6.45, 7) is 3.34. The molecule has 0 aliphatic carbocycles. The fourth-order valence-electron chi connectivity index (χ4n) is 3.73. The Morgan fingerprint density at radius 1 is 1.08 bits per heavy atom. The van der Waals surface area contributed by atoms with Gasteiger partial charge in [-0.25, -0.2) is 0 Å². The van der Waals surface area contributed by atoms with E-state index in [0.717, 1.165) is 51.0 Å². The largest absolute Gasteiger partial charge is 0.338 e. The summed E-state index contributed by atoms with van der Waals surface area (Å²) < 4.78 is 0. The second-order valence-electron chi connectivity index (χ2n) is 7.00. The Kier molecular flexibility index (Phi) is 6.37. The van der Waals surface area contributed by atoms with Crippen LogP contribution in [0.25, 0.3) is 0 Å². The van der Waals surface area contributed by atoms with E-state index in [1.54, 1.807) is 12.1 Å². The molecular formula is C19H24Cl2N2O2. The van der Waals surface area contributed by atoms with Crippen LogP contribution in [-0.4, -0.2) is 53.7 Å². The lowest BCUT2D eigenvalue weighted by atomic mass is 9.99. The van der Waals surface area contributed by atoms with Crippen molar-refractivity contribution in [3.8, 4) is 0 Å². The van der Waals surface area contributed by atoms with Crippen molar-refractivity contribution in [3.63, 3.8) is 0 Å². The summed E-state index contributed by atoms with van der Waals surface area (Å²) in [7, 11) is 0. The molecule has 1 aromatic rings. The highest BCUT2D eigenvalue weighted by atomic mass is 35.5. The summed E-state index contributed by atoms with van der Waals surface area (Å²) in [5, 5.41) is 0.994. The summed E-state index contributed by atoms with van der Waals surface area (Å²) in [5.41, 5.74) is 0.896. The maximum absolute atomic E-state index is 12.8. The van der Waals surface area contributed by atoms with Gasteiger partial charge in [0.25, 0.3) is 0 Å². The van der Waals surface area contributed by atoms with Gasteiger partial charge in [0.05, 0.1) is 16.5 Å². The number of nitrogens with zero attached hydrogens (tertiary/aromatic N) is 2. The van der Waals surface area contributed by atoms with E-state index >= 15 is 0 Å². The minimum absolute atomic E-state index is 0.149. The van der Waals surface area contributed by atoms with Crippen LogP contribution in [0.3, 0.4) is 0 Å². The summed E-state index contributed by atoms with van der Waals surface area (Å²) in [6, 6.07) is 5.63. The van der Waals surface area contributed by atoms with E-state index in [4.69, 9.17) is 23.2 Å². The number of hydrogen-bond donors (Lipinski definition) is 0. The summed E-state index contributed by atoms with van der Waals surface area (Å²) in [4.78, 5) is 28.6. The van der Waals surface area contributed by atoms with Crippen LogP contribution in [0.4, 0.5) is 0 Å². The minimum atomic E-state index is 0.149. The van der Waals surface area contributed by atoms with E-state index in [2.05, 4.69) is 4.90 Å². The molecule has 1 atom stereocenters. The number of halogens is 2. The smallest absolute Gasteiger partial charge is 0.227 e. The molecule has 6 heteroatoms. The molecule has 2 aliphatic rings. The van der Waals surface area contributed by atoms with Gasteiger partial charge in [-0.05, 0) is 37.0 Å². The molecule has 2 aliphatic heterocycles. The second kappa shape index (κ2) is 8.52. The van der Waals surface area contributed by atoms with Crippen LogP contribution in [0, 0.1) is 0 Å². The predicted octanol–water partition coefficient (Wildman–Crippen LogP) is 3.58. The monoisotopic (exact) mass is 382 g/mol. The molecular weight excluding hydrogens is 359 g/mol. The van der Waals surface area contributed by atoms with Gasteiger partial charge in [0.2, 0.25) is 5.91 Å². The fraction of sp³-hybridized carbons (Fsp3) is 0.579. The highest BCUT2D eigenvalue weighted by molar-refractivity contribution is 6.42. The van der Waals surface area contributed by atoms with Crippen molar-refractivity contribution in [1.29, 1.82) is 0 Å². The fourth-order valence-corrected chi connectivity index (χ4v) is 4.05. The van der Waals surface area contributed by atoms with Crippen LogP contribution in [0.15, 0.2) is 18.2 Å². The molecule has 0 aromatic heterocycles. The van der Waals surface area contributed by atoms with Crippen LogP contribution >= 0.6 is 23.2 Å². The zero-order valence-electron chi connectivity index (χ0n) is 14.3. The number of carbonyl (C=O) groups is 2. The molecule has 2 fully saturated rings. The lowest BCUT2D eigenvalue weighted by Crippen LogP contribution is -2.51. The maximum Gasteiger partial charge on any atom is 0.227 e. The molecule has 0 spiro atoms. The van der Waals surface area contributed by atoms with E-state index < -0.39 is 0 Å². The Bertz CT molecular complexity index is 640. The van der Waals surface area contributed by atoms with Crippen molar-refractivity contribution in [1.82, 2.24) is 9.80 Å². The van der Waals surface area contributed by atoms with E-state index in [-0.39, 0.29) is 11.9 Å². The number of benzene rings is 1. The van der Waals surface area contributed by atoms with E-state index in [0.29, 0.717) is 35.1 Å². The zero-order valence-corrected chi connectivity index (χ0v) is 15.9. The highest BCUT2D eigenvalue weighted by Gasteiger charge is 2.29. The van der Waals surface area contributed by atoms with Crippen molar-refractivity contribution in [3.05, 3.63) is 33.8 Å². The summed E-state index contributed by atoms with van der Waals surface area (Å²) in [5.74, 6) is 0.503. The van der Waals surface area contributed by atoms with Gasteiger partial charge in [-0.15, -0.1) is 0 Å². The van der Waals surface area contributed by atoms with E-state index in [1.165, 1.54) is 0 Å². The first-order valence-electron chi connectivity index (χ1n) is 9.00. The molecule has 1 aromatic carbocycles. The average Bonchev–Trinajstić information content (AvgIpc) is 2.60. The molecule has 2 heterocycles. The van der Waals surface area contributed by atoms with Gasteiger partial charge in [0.15, 0.2) is 0 Å². The maximum atomic E-state index is 12.8. The van der Waals surface area contributed by atoms with Crippen molar-refractivity contribution >= 4 is 34.9 Å². The van der Waals surface area contributed by atoms with Gasteiger partial charge in [-0.2, -0.15) is 0 Å². The first-order chi connectivity index (χ1) is 12.0. The number of hydrogen-bond acceptors (Lipinski definition) is 3. The average molecular weight is 383 g/mol. The SMILES string of the molecule is O=C1CCN(CC2CCCCN2C(=O)Cc2ccc(Cl)c(Cl)c2)CC1. The Hall–Kier alpha value is -1.10. The molecule has 1 unspecified atom stereocenters. The topological polar surface area (TPSA) is 40.6 Å². The third-order valence-electron chi connectivity index (χ3n) is 5.17. The van der Waals surface area contributed by atoms with Gasteiger partial charge in [-0.1, -0.05) is 29.3 Å². The highest BCUT2D eigenvalue weighted by Crippen LogP contribution is 2.24. The molecule has 0 saturated carbocycles. The number of piperidine rings is 2. The lowest BCUT2D eigenvalue weighted by molar-refractivity contribution is -0.135. The molecule has 1 amide bonds. The molecule has 2 saturated heterocycles. The Labute approximate surface area is 159 Å². The van der Waals surface area contributed by atoms with Gasteiger partial charge >= 0.3 is 0 Å². The molecule has 3 rings (SSSR count).